The van der Waals surface area contributed by atoms with Gasteiger partial charge in [0.2, 0.25) is 0 Å². The van der Waals surface area contributed by atoms with Gasteiger partial charge in [-0.05, 0) is 6.07 Å². The summed E-state index contributed by atoms with van der Waals surface area (Å²) in [6, 6.07) is 1.93. The molecule has 0 amide bonds. The Bertz CT molecular complexity index is 259. The second kappa shape index (κ2) is 2.88. The molecule has 0 aromatic carbocycles. The Kier molecular flexibility index (Phi) is 1.86. The molecule has 66 valence electrons. The van der Waals surface area contributed by atoms with Crippen LogP contribution in [-0.4, -0.2) is 28.1 Å². The lowest BCUT2D eigenvalue weighted by Gasteiger charge is -2.03. The number of rotatable bonds is 2. The molecule has 0 radical (unpaired) electrons. The van der Waals surface area contributed by atoms with E-state index >= 15 is 0 Å². The molecule has 12 heavy (non-hydrogen) atoms. The van der Waals surface area contributed by atoms with Crippen molar-refractivity contribution >= 4 is 0 Å². The maximum atomic E-state index is 8.81. The molecule has 1 N–H and O–H groups in total. The van der Waals surface area contributed by atoms with Crippen LogP contribution < -0.4 is 0 Å². The summed E-state index contributed by atoms with van der Waals surface area (Å²) in [5.41, 5.74) is 1.91. The van der Waals surface area contributed by atoms with Crippen molar-refractivity contribution in [3.05, 3.63) is 17.5 Å². The third kappa shape index (κ3) is 1.13. The van der Waals surface area contributed by atoms with Crippen molar-refractivity contribution in [2.24, 2.45) is 0 Å². The molecule has 0 saturated carbocycles. The third-order valence-corrected chi connectivity index (χ3v) is 2.22. The zero-order chi connectivity index (χ0) is 8.55. The average molecular weight is 168 g/mol. The second-order valence-corrected chi connectivity index (χ2v) is 3.03. The molecule has 2 heterocycles. The van der Waals surface area contributed by atoms with Crippen molar-refractivity contribution in [2.75, 3.05) is 7.11 Å². The van der Waals surface area contributed by atoms with E-state index in [1.54, 1.807) is 7.11 Å². The second-order valence-electron chi connectivity index (χ2n) is 3.03. The van der Waals surface area contributed by atoms with Gasteiger partial charge in [0.15, 0.2) is 0 Å². The predicted octanol–water partition coefficient (Wildman–Crippen LogP) is -0.0535. The third-order valence-electron chi connectivity index (χ3n) is 2.22. The number of ether oxygens (including phenoxy) is 1. The fourth-order valence-corrected chi connectivity index (χ4v) is 1.56. The Morgan fingerprint density at radius 3 is 3.25 bits per heavy atom. The molecule has 0 aliphatic carbocycles. The fraction of sp³-hybridized carbons (Fsp3) is 0.625. The van der Waals surface area contributed by atoms with Gasteiger partial charge in [0.25, 0.3) is 0 Å². The van der Waals surface area contributed by atoms with Crippen molar-refractivity contribution in [1.82, 2.24) is 9.78 Å². The summed E-state index contributed by atoms with van der Waals surface area (Å²) in [7, 11) is 1.71. The summed E-state index contributed by atoms with van der Waals surface area (Å²) >= 11 is 0. The molecule has 4 heteroatoms. The van der Waals surface area contributed by atoms with Crippen LogP contribution in [0.4, 0.5) is 0 Å². The largest absolute Gasteiger partial charge is 0.390 e. The van der Waals surface area contributed by atoms with Crippen LogP contribution in [0.25, 0.3) is 0 Å². The average Bonchev–Trinajstić information content (AvgIpc) is 2.59. The van der Waals surface area contributed by atoms with Crippen LogP contribution in [0.1, 0.15) is 11.4 Å². The molecule has 0 fully saturated rings. The van der Waals surface area contributed by atoms with Gasteiger partial charge in [-0.25, -0.2) is 0 Å². The van der Waals surface area contributed by atoms with Gasteiger partial charge in [0.05, 0.1) is 24.9 Å². The first-order valence-electron chi connectivity index (χ1n) is 4.02. The lowest BCUT2D eigenvalue weighted by molar-refractivity contribution is 0.101. The van der Waals surface area contributed by atoms with Gasteiger partial charge >= 0.3 is 0 Å². The fourth-order valence-electron chi connectivity index (χ4n) is 1.56. The van der Waals surface area contributed by atoms with E-state index in [4.69, 9.17) is 9.84 Å². The Morgan fingerprint density at radius 1 is 1.83 bits per heavy atom. The number of hydrogen-bond acceptors (Lipinski definition) is 3. The quantitative estimate of drug-likeness (QED) is 0.673. The molecule has 0 unspecified atom stereocenters. The van der Waals surface area contributed by atoms with Crippen LogP contribution in [-0.2, 0) is 24.3 Å². The first-order valence-corrected chi connectivity index (χ1v) is 4.02. The SMILES string of the molecule is CO[C@@H]1Cc2cc(CO)nn2C1. The molecule has 1 aromatic heterocycles. The van der Waals surface area contributed by atoms with Gasteiger partial charge in [-0.2, -0.15) is 5.10 Å². The number of hydrogen-bond donors (Lipinski definition) is 1. The van der Waals surface area contributed by atoms with Crippen LogP contribution in [0.15, 0.2) is 6.07 Å². The smallest absolute Gasteiger partial charge is 0.0881 e. The Hall–Kier alpha value is -0.870. The summed E-state index contributed by atoms with van der Waals surface area (Å²) < 4.78 is 7.10. The molecule has 4 nitrogen and oxygen atoms in total. The Labute approximate surface area is 70.8 Å². The number of fused-ring (bicyclic) bond motifs is 1. The summed E-state index contributed by atoms with van der Waals surface area (Å²) in [4.78, 5) is 0. The van der Waals surface area contributed by atoms with Crippen molar-refractivity contribution in [3.8, 4) is 0 Å². The zero-order valence-electron chi connectivity index (χ0n) is 7.03. The number of methoxy groups -OCH3 is 1. The summed E-state index contributed by atoms with van der Waals surface area (Å²) in [6.45, 7) is 0.837. The normalized spacial score (nSPS) is 21.3. The molecule has 0 saturated heterocycles. The Balaban J connectivity index is 2.18. The maximum absolute atomic E-state index is 8.81. The lowest BCUT2D eigenvalue weighted by Crippen LogP contribution is -2.12. The molecular formula is C8H12N2O2. The minimum atomic E-state index is 0.0254. The highest BCUT2D eigenvalue weighted by Crippen LogP contribution is 2.17. The van der Waals surface area contributed by atoms with Gasteiger partial charge in [0.1, 0.15) is 0 Å². The van der Waals surface area contributed by atoms with E-state index in [0.29, 0.717) is 0 Å². The molecule has 2 rings (SSSR count). The van der Waals surface area contributed by atoms with E-state index in [-0.39, 0.29) is 12.7 Å². The molecule has 0 bridgehead atoms. The van der Waals surface area contributed by atoms with Crippen LogP contribution in [0.3, 0.4) is 0 Å². The summed E-state index contributed by atoms with van der Waals surface area (Å²) in [5.74, 6) is 0. The zero-order valence-corrected chi connectivity index (χ0v) is 7.03. The van der Waals surface area contributed by atoms with Gasteiger partial charge < -0.3 is 9.84 Å². The van der Waals surface area contributed by atoms with E-state index < -0.39 is 0 Å². The van der Waals surface area contributed by atoms with E-state index in [1.165, 1.54) is 0 Å². The van der Waals surface area contributed by atoms with Gasteiger partial charge in [0, 0.05) is 19.2 Å². The van der Waals surface area contributed by atoms with Crippen LogP contribution >= 0.6 is 0 Å². The van der Waals surface area contributed by atoms with Crippen molar-refractivity contribution in [3.63, 3.8) is 0 Å². The highest BCUT2D eigenvalue weighted by atomic mass is 16.5. The minimum Gasteiger partial charge on any atom is -0.390 e. The highest BCUT2D eigenvalue weighted by Gasteiger charge is 2.22. The van der Waals surface area contributed by atoms with Gasteiger partial charge in [-0.1, -0.05) is 0 Å². The van der Waals surface area contributed by atoms with E-state index in [9.17, 15) is 0 Å². The molecule has 0 spiro atoms. The van der Waals surface area contributed by atoms with Crippen molar-refractivity contribution < 1.29 is 9.84 Å². The van der Waals surface area contributed by atoms with Crippen LogP contribution in [0.2, 0.25) is 0 Å². The van der Waals surface area contributed by atoms with E-state index in [0.717, 1.165) is 24.4 Å². The lowest BCUT2D eigenvalue weighted by atomic mass is 10.2. The molecular weight excluding hydrogens is 156 g/mol. The molecule has 1 aliphatic heterocycles. The number of aliphatic hydroxyl groups excluding tert-OH is 1. The van der Waals surface area contributed by atoms with Gasteiger partial charge in [-0.15, -0.1) is 0 Å². The first kappa shape index (κ1) is 7.76. The van der Waals surface area contributed by atoms with Crippen LogP contribution in [0, 0.1) is 0 Å². The predicted molar refractivity (Wildman–Crippen MR) is 42.7 cm³/mol. The summed E-state index contributed by atoms with van der Waals surface area (Å²) in [6.07, 6.45) is 1.17. The number of nitrogens with zero attached hydrogens (tertiary/aromatic N) is 2. The minimum absolute atomic E-state index is 0.0254. The molecule has 1 aromatic rings. The topological polar surface area (TPSA) is 47.3 Å². The van der Waals surface area contributed by atoms with Crippen LogP contribution in [0.5, 0.6) is 0 Å². The Morgan fingerprint density at radius 2 is 2.67 bits per heavy atom. The van der Waals surface area contributed by atoms with E-state index in [2.05, 4.69) is 5.10 Å². The molecule has 1 atom stereocenters. The highest BCUT2D eigenvalue weighted by molar-refractivity contribution is 5.13. The standard InChI is InChI=1S/C8H12N2O2/c1-12-8-3-7-2-6(5-11)9-10(7)4-8/h2,8,11H,3-5H2,1H3/t8-/m1/s1. The van der Waals surface area contributed by atoms with Gasteiger partial charge in [-0.3, -0.25) is 4.68 Å². The maximum Gasteiger partial charge on any atom is 0.0881 e. The molecule has 1 aliphatic rings. The van der Waals surface area contributed by atoms with E-state index in [1.807, 2.05) is 10.7 Å². The van der Waals surface area contributed by atoms with Crippen molar-refractivity contribution in [2.45, 2.75) is 25.7 Å². The first-order chi connectivity index (χ1) is 5.83. The monoisotopic (exact) mass is 168 g/mol. The summed E-state index contributed by atoms with van der Waals surface area (Å²) in [5, 5.41) is 13.0. The van der Waals surface area contributed by atoms with Crippen molar-refractivity contribution in [1.29, 1.82) is 0 Å². The number of aromatic nitrogens is 2. The number of aliphatic hydroxyl groups is 1.